The topological polar surface area (TPSA) is 63.6 Å². The fourth-order valence-corrected chi connectivity index (χ4v) is 8.05. The Morgan fingerprint density at radius 1 is 0.500 bits per heavy atom. The Kier molecular flexibility index (Phi) is 8.14. The van der Waals surface area contributed by atoms with Gasteiger partial charge in [0.2, 0.25) is 0 Å². The number of aryl methyl sites for hydroxylation is 2. The van der Waals surface area contributed by atoms with Crippen molar-refractivity contribution in [1.29, 1.82) is 0 Å². The van der Waals surface area contributed by atoms with Crippen LogP contribution in [0.4, 0.5) is 11.4 Å². The molecule has 5 nitrogen and oxygen atoms in total. The van der Waals surface area contributed by atoms with Gasteiger partial charge in [0.1, 0.15) is 10.0 Å². The van der Waals surface area contributed by atoms with Crippen LogP contribution >= 0.6 is 38.6 Å². The number of para-hydroxylation sites is 5. The van der Waals surface area contributed by atoms with E-state index in [1.165, 1.54) is 20.5 Å². The van der Waals surface area contributed by atoms with Crippen molar-refractivity contribution >= 4 is 92.2 Å². The van der Waals surface area contributed by atoms with Crippen LogP contribution in [0.25, 0.3) is 63.6 Å². The summed E-state index contributed by atoms with van der Waals surface area (Å²) in [5.41, 5.74) is 10.4. The van der Waals surface area contributed by atoms with Crippen molar-refractivity contribution in [3.05, 3.63) is 143 Å². The number of nitrogens with one attached hydrogen (secondary N) is 1. The molecule has 0 atom stereocenters. The van der Waals surface area contributed by atoms with Gasteiger partial charge in [-0.3, -0.25) is 0 Å². The van der Waals surface area contributed by atoms with Gasteiger partial charge in [0.25, 0.3) is 0 Å². The van der Waals surface area contributed by atoms with E-state index < -0.39 is 0 Å². The third kappa shape index (κ3) is 5.94. The van der Waals surface area contributed by atoms with Crippen molar-refractivity contribution < 1.29 is 0 Å². The summed E-state index contributed by atoms with van der Waals surface area (Å²) < 4.78 is 3.39. The number of aromatic nitrogens is 4. The first-order chi connectivity index (χ1) is 23.5. The van der Waals surface area contributed by atoms with E-state index in [1.54, 1.807) is 22.7 Å². The molecule has 9 rings (SSSR count). The highest BCUT2D eigenvalue weighted by molar-refractivity contribution is 9.10. The average molecular weight is 723 g/mol. The predicted octanol–water partition coefficient (Wildman–Crippen LogP) is 12.1. The molecule has 48 heavy (non-hydrogen) atoms. The zero-order valence-corrected chi connectivity index (χ0v) is 29.3. The van der Waals surface area contributed by atoms with Gasteiger partial charge >= 0.3 is 0 Å². The first-order valence-electron chi connectivity index (χ1n) is 15.5. The zero-order chi connectivity index (χ0) is 32.6. The molecule has 8 heteroatoms. The molecule has 0 bridgehead atoms. The van der Waals surface area contributed by atoms with Crippen LogP contribution in [0.3, 0.4) is 0 Å². The number of halogens is 1. The maximum absolute atomic E-state index is 4.98. The summed E-state index contributed by atoms with van der Waals surface area (Å²) in [6.45, 7) is 4.25. The standard InChI is InChI=1S/C24H19N3S.C16H9BrN2S/c1-15-7-5-8-16(2)22(15)25-19-11-6-9-17-13-14-20(26-23(17)19)24-27-18-10-3-4-12-21(18)28-24;17-11-5-3-4-10-8-9-13(18-15(10)11)16-19-12-6-1-2-7-14(12)20-16/h3-14,25H,1-2H3;1-9H. The predicted molar refractivity (Wildman–Crippen MR) is 208 cm³/mol. The number of hydrogen-bond acceptors (Lipinski definition) is 7. The fraction of sp³-hybridized carbons (Fsp3) is 0.0500. The second-order valence-electron chi connectivity index (χ2n) is 11.4. The smallest absolute Gasteiger partial charge is 0.143 e. The first kappa shape index (κ1) is 30.3. The van der Waals surface area contributed by atoms with Gasteiger partial charge in [-0.05, 0) is 89.4 Å². The lowest BCUT2D eigenvalue weighted by atomic mass is 10.1. The van der Waals surface area contributed by atoms with Gasteiger partial charge in [-0.2, -0.15) is 0 Å². The van der Waals surface area contributed by atoms with Crippen LogP contribution in [0.2, 0.25) is 0 Å². The highest BCUT2D eigenvalue weighted by Gasteiger charge is 2.12. The van der Waals surface area contributed by atoms with Crippen LogP contribution in [-0.2, 0) is 0 Å². The Balaban J connectivity index is 0.000000148. The van der Waals surface area contributed by atoms with Crippen molar-refractivity contribution in [1.82, 2.24) is 19.9 Å². The van der Waals surface area contributed by atoms with E-state index in [1.807, 2.05) is 54.6 Å². The maximum atomic E-state index is 4.98. The van der Waals surface area contributed by atoms with Crippen molar-refractivity contribution in [2.24, 2.45) is 0 Å². The van der Waals surface area contributed by atoms with E-state index in [-0.39, 0.29) is 0 Å². The third-order valence-corrected chi connectivity index (χ3v) is 10.9. The van der Waals surface area contributed by atoms with Crippen LogP contribution in [0.1, 0.15) is 11.1 Å². The van der Waals surface area contributed by atoms with Gasteiger partial charge < -0.3 is 5.32 Å². The molecule has 1 N–H and O–H groups in total. The van der Waals surface area contributed by atoms with Gasteiger partial charge in [-0.1, -0.05) is 78.9 Å². The van der Waals surface area contributed by atoms with Crippen molar-refractivity contribution in [3.63, 3.8) is 0 Å². The Morgan fingerprint density at radius 3 is 1.62 bits per heavy atom. The molecule has 0 amide bonds. The van der Waals surface area contributed by atoms with Gasteiger partial charge in [-0.25, -0.2) is 19.9 Å². The Bertz CT molecular complexity index is 2520. The van der Waals surface area contributed by atoms with Gasteiger partial charge in [0, 0.05) is 20.9 Å². The Morgan fingerprint density at radius 2 is 1.02 bits per heavy atom. The highest BCUT2D eigenvalue weighted by atomic mass is 79.9. The van der Waals surface area contributed by atoms with Crippen LogP contribution in [0, 0.1) is 13.8 Å². The summed E-state index contributed by atoms with van der Waals surface area (Å²) in [7, 11) is 0. The van der Waals surface area contributed by atoms with Crippen LogP contribution < -0.4 is 5.32 Å². The molecule has 5 aromatic carbocycles. The monoisotopic (exact) mass is 721 g/mol. The molecule has 232 valence electrons. The van der Waals surface area contributed by atoms with Gasteiger partial charge in [0.05, 0.1) is 48.5 Å². The number of hydrogen-bond donors (Lipinski definition) is 1. The minimum atomic E-state index is 0.907. The number of pyridine rings is 2. The minimum Gasteiger partial charge on any atom is -0.353 e. The lowest BCUT2D eigenvalue weighted by Gasteiger charge is -2.14. The lowest BCUT2D eigenvalue weighted by Crippen LogP contribution is -1.98. The fourth-order valence-electron chi connectivity index (χ4n) is 5.71. The zero-order valence-electron chi connectivity index (χ0n) is 26.1. The number of anilines is 2. The van der Waals surface area contributed by atoms with Crippen molar-refractivity contribution in [2.75, 3.05) is 5.32 Å². The molecule has 0 spiro atoms. The summed E-state index contributed by atoms with van der Waals surface area (Å²) in [6.07, 6.45) is 0. The maximum Gasteiger partial charge on any atom is 0.143 e. The number of nitrogens with zero attached hydrogens (tertiary/aromatic N) is 4. The van der Waals surface area contributed by atoms with Crippen molar-refractivity contribution in [2.45, 2.75) is 13.8 Å². The van der Waals surface area contributed by atoms with Crippen LogP contribution in [0.15, 0.2) is 132 Å². The molecule has 0 aliphatic heterocycles. The van der Waals surface area contributed by atoms with E-state index in [4.69, 9.17) is 15.0 Å². The molecule has 4 aromatic heterocycles. The van der Waals surface area contributed by atoms with E-state index in [0.717, 1.165) is 70.1 Å². The highest BCUT2D eigenvalue weighted by Crippen LogP contribution is 2.34. The quantitative estimate of drug-likeness (QED) is 0.196. The number of fused-ring (bicyclic) bond motifs is 4. The minimum absolute atomic E-state index is 0.907. The van der Waals surface area contributed by atoms with Crippen LogP contribution in [-0.4, -0.2) is 19.9 Å². The van der Waals surface area contributed by atoms with E-state index >= 15 is 0 Å². The Labute approximate surface area is 294 Å². The molecule has 9 aromatic rings. The largest absolute Gasteiger partial charge is 0.353 e. The number of benzene rings is 5. The van der Waals surface area contributed by atoms with E-state index in [0.29, 0.717) is 0 Å². The molecular weight excluding hydrogens is 695 g/mol. The summed E-state index contributed by atoms with van der Waals surface area (Å²) in [5, 5.41) is 7.76. The molecular formula is C40H28BrN5S2. The van der Waals surface area contributed by atoms with Gasteiger partial charge in [0.15, 0.2) is 0 Å². The molecule has 0 fully saturated rings. The lowest BCUT2D eigenvalue weighted by molar-refractivity contribution is 1.34. The Hall–Kier alpha value is -5.02. The summed E-state index contributed by atoms with van der Waals surface area (Å²) in [4.78, 5) is 19.2. The van der Waals surface area contributed by atoms with E-state index in [2.05, 4.69) is 113 Å². The molecule has 0 radical (unpaired) electrons. The van der Waals surface area contributed by atoms with Crippen molar-refractivity contribution in [3.8, 4) is 21.4 Å². The van der Waals surface area contributed by atoms with Crippen LogP contribution in [0.5, 0.6) is 0 Å². The molecule has 0 saturated heterocycles. The van der Waals surface area contributed by atoms with Gasteiger partial charge in [-0.15, -0.1) is 22.7 Å². The van der Waals surface area contributed by atoms with E-state index in [9.17, 15) is 0 Å². The molecule has 0 saturated carbocycles. The molecule has 4 heterocycles. The normalized spacial score (nSPS) is 11.2. The average Bonchev–Trinajstić information content (AvgIpc) is 3.75. The number of rotatable bonds is 4. The first-order valence-corrected chi connectivity index (χ1v) is 17.9. The molecule has 0 aliphatic carbocycles. The number of thiazole rings is 2. The third-order valence-electron chi connectivity index (χ3n) is 8.16. The summed E-state index contributed by atoms with van der Waals surface area (Å²) >= 11 is 6.91. The molecule has 0 unspecified atom stereocenters. The summed E-state index contributed by atoms with van der Waals surface area (Å²) in [5.74, 6) is 0. The SMILES string of the molecule is Brc1cccc2ccc(-c3nc4ccccc4s3)nc12.Cc1cccc(C)c1Nc1cccc2ccc(-c3nc4ccccc4s3)nc12. The second-order valence-corrected chi connectivity index (χ2v) is 14.4. The summed E-state index contributed by atoms with van der Waals surface area (Å²) in [6, 6.07) is 43.4. The molecule has 0 aliphatic rings. The second kappa shape index (κ2) is 12.9.